The van der Waals surface area contributed by atoms with Crippen LogP contribution in [-0.2, 0) is 6.42 Å². The molecule has 2 rings (SSSR count). The molecule has 0 saturated carbocycles. The van der Waals surface area contributed by atoms with E-state index in [-0.39, 0.29) is 5.84 Å². The van der Waals surface area contributed by atoms with Crippen LogP contribution in [0.15, 0.2) is 18.5 Å². The zero-order valence-corrected chi connectivity index (χ0v) is 7.86. The Kier molecular flexibility index (Phi) is 1.92. The summed E-state index contributed by atoms with van der Waals surface area (Å²) >= 11 is 0. The van der Waals surface area contributed by atoms with E-state index >= 15 is 0 Å². The van der Waals surface area contributed by atoms with Crippen LogP contribution in [0.3, 0.4) is 0 Å². The number of hydrogen-bond acceptors (Lipinski definition) is 3. The molecular weight excluding hydrogens is 178 g/mol. The number of aryl methyl sites for hydroxylation is 1. The molecule has 0 radical (unpaired) electrons. The maximum Gasteiger partial charge on any atom is 0.155 e. The van der Waals surface area contributed by atoms with Crippen LogP contribution < -0.4 is 5.73 Å². The Balaban J connectivity index is 2.46. The number of rotatable bonds is 2. The van der Waals surface area contributed by atoms with Crippen LogP contribution in [0.5, 0.6) is 0 Å². The van der Waals surface area contributed by atoms with Crippen molar-refractivity contribution in [1.82, 2.24) is 14.6 Å². The topological polar surface area (TPSA) is 80.1 Å². The predicted octanol–water partition coefficient (Wildman–Crippen LogP) is 0.516. The Labute approximate surface area is 81.1 Å². The first-order valence-electron chi connectivity index (χ1n) is 4.29. The van der Waals surface area contributed by atoms with Crippen LogP contribution in [-0.4, -0.2) is 20.4 Å². The summed E-state index contributed by atoms with van der Waals surface area (Å²) in [5.74, 6) is 0.116. The zero-order valence-electron chi connectivity index (χ0n) is 7.86. The fourth-order valence-electron chi connectivity index (χ4n) is 1.30. The van der Waals surface area contributed by atoms with Crippen molar-refractivity contribution >= 4 is 11.5 Å². The molecule has 14 heavy (non-hydrogen) atoms. The van der Waals surface area contributed by atoms with Crippen LogP contribution in [0.25, 0.3) is 5.65 Å². The summed E-state index contributed by atoms with van der Waals surface area (Å²) in [6.45, 7) is 1.96. The van der Waals surface area contributed by atoms with Crippen LogP contribution in [0.1, 0.15) is 11.3 Å². The number of amidine groups is 1. The second kappa shape index (κ2) is 3.10. The number of nitrogens with two attached hydrogens (primary N) is 1. The minimum Gasteiger partial charge on any atom is -0.387 e. The molecule has 0 atom stereocenters. The summed E-state index contributed by atoms with van der Waals surface area (Å²) in [5, 5.41) is 11.4. The molecule has 2 aromatic rings. The van der Waals surface area contributed by atoms with Gasteiger partial charge >= 0.3 is 0 Å². The first kappa shape index (κ1) is 8.68. The van der Waals surface area contributed by atoms with Crippen LogP contribution in [0.4, 0.5) is 0 Å². The highest BCUT2D eigenvalue weighted by atomic mass is 15.2. The minimum absolute atomic E-state index is 0.116. The van der Waals surface area contributed by atoms with E-state index in [2.05, 4.69) is 10.1 Å². The Morgan fingerprint density at radius 1 is 1.64 bits per heavy atom. The second-order valence-electron chi connectivity index (χ2n) is 3.27. The van der Waals surface area contributed by atoms with Crippen molar-refractivity contribution in [2.75, 3.05) is 0 Å². The lowest BCUT2D eigenvalue weighted by Crippen LogP contribution is -2.12. The molecule has 0 bridgehead atoms. The van der Waals surface area contributed by atoms with Gasteiger partial charge in [0.2, 0.25) is 0 Å². The van der Waals surface area contributed by atoms with E-state index in [1.165, 1.54) is 0 Å². The van der Waals surface area contributed by atoms with Crippen LogP contribution in [0.2, 0.25) is 0 Å². The molecule has 5 heteroatoms. The molecule has 0 fully saturated rings. The van der Waals surface area contributed by atoms with Crippen molar-refractivity contribution in [2.24, 2.45) is 5.73 Å². The smallest absolute Gasteiger partial charge is 0.155 e. The summed E-state index contributed by atoms with van der Waals surface area (Å²) in [7, 11) is 0. The van der Waals surface area contributed by atoms with E-state index in [0.29, 0.717) is 6.42 Å². The van der Waals surface area contributed by atoms with Gasteiger partial charge in [-0.15, -0.1) is 0 Å². The molecular formula is C9H11N5. The third-order valence-corrected chi connectivity index (χ3v) is 1.86. The molecule has 3 N–H and O–H groups in total. The van der Waals surface area contributed by atoms with Gasteiger partial charge < -0.3 is 5.73 Å². The van der Waals surface area contributed by atoms with Crippen molar-refractivity contribution < 1.29 is 0 Å². The van der Waals surface area contributed by atoms with Crippen molar-refractivity contribution in [1.29, 1.82) is 5.41 Å². The monoisotopic (exact) mass is 189 g/mol. The van der Waals surface area contributed by atoms with E-state index in [4.69, 9.17) is 11.1 Å². The SMILES string of the molecule is Cc1cnc2cc(CC(=N)N)nn2c1. The van der Waals surface area contributed by atoms with Crippen LogP contribution >= 0.6 is 0 Å². The van der Waals surface area contributed by atoms with Crippen molar-refractivity contribution in [2.45, 2.75) is 13.3 Å². The minimum atomic E-state index is 0.116. The first-order valence-corrected chi connectivity index (χ1v) is 4.29. The van der Waals surface area contributed by atoms with E-state index in [1.54, 1.807) is 10.7 Å². The van der Waals surface area contributed by atoms with Gasteiger partial charge in [0.25, 0.3) is 0 Å². The van der Waals surface area contributed by atoms with Gasteiger partial charge in [0.15, 0.2) is 5.65 Å². The lowest BCUT2D eigenvalue weighted by Gasteiger charge is -1.92. The van der Waals surface area contributed by atoms with Gasteiger partial charge in [-0.05, 0) is 12.5 Å². The lowest BCUT2D eigenvalue weighted by molar-refractivity contribution is 0.897. The van der Waals surface area contributed by atoms with Crippen molar-refractivity contribution in [3.63, 3.8) is 0 Å². The third kappa shape index (κ3) is 1.56. The Hall–Kier alpha value is -1.91. The summed E-state index contributed by atoms with van der Waals surface area (Å²) in [6.07, 6.45) is 4.06. The van der Waals surface area contributed by atoms with E-state index in [0.717, 1.165) is 16.9 Å². The maximum atomic E-state index is 7.16. The average molecular weight is 189 g/mol. The van der Waals surface area contributed by atoms with E-state index in [9.17, 15) is 0 Å². The molecule has 0 spiro atoms. The fraction of sp³-hybridized carbons (Fsp3) is 0.222. The Bertz CT molecular complexity index is 485. The van der Waals surface area contributed by atoms with Crippen LogP contribution in [0, 0.1) is 12.3 Å². The van der Waals surface area contributed by atoms with Gasteiger partial charge in [-0.3, -0.25) is 5.41 Å². The fourth-order valence-corrected chi connectivity index (χ4v) is 1.30. The van der Waals surface area contributed by atoms with Gasteiger partial charge in [0.1, 0.15) is 0 Å². The highest BCUT2D eigenvalue weighted by Crippen LogP contribution is 2.05. The normalized spacial score (nSPS) is 10.6. The molecule has 0 saturated heterocycles. The molecule has 72 valence electrons. The summed E-state index contributed by atoms with van der Waals surface area (Å²) in [5.41, 5.74) is 7.90. The van der Waals surface area contributed by atoms with E-state index < -0.39 is 0 Å². The summed E-state index contributed by atoms with van der Waals surface area (Å²) < 4.78 is 1.70. The largest absolute Gasteiger partial charge is 0.387 e. The molecule has 0 amide bonds. The first-order chi connectivity index (χ1) is 6.65. The third-order valence-electron chi connectivity index (χ3n) is 1.86. The Morgan fingerprint density at radius 3 is 3.14 bits per heavy atom. The summed E-state index contributed by atoms with van der Waals surface area (Å²) in [4.78, 5) is 4.20. The quantitative estimate of drug-likeness (QED) is 0.533. The number of aromatic nitrogens is 3. The molecule has 2 heterocycles. The molecule has 0 aliphatic carbocycles. The highest BCUT2D eigenvalue weighted by molar-refractivity contribution is 5.79. The van der Waals surface area contributed by atoms with Crippen molar-refractivity contribution in [3.05, 3.63) is 29.7 Å². The van der Waals surface area contributed by atoms with Gasteiger partial charge in [0, 0.05) is 24.9 Å². The zero-order chi connectivity index (χ0) is 10.1. The molecule has 0 unspecified atom stereocenters. The van der Waals surface area contributed by atoms with Crippen molar-refractivity contribution in [3.8, 4) is 0 Å². The maximum absolute atomic E-state index is 7.16. The van der Waals surface area contributed by atoms with E-state index in [1.807, 2.05) is 19.2 Å². The highest BCUT2D eigenvalue weighted by Gasteiger charge is 2.03. The molecule has 0 aliphatic rings. The van der Waals surface area contributed by atoms with Gasteiger partial charge in [0.05, 0.1) is 11.5 Å². The Morgan fingerprint density at radius 2 is 2.43 bits per heavy atom. The number of hydrogen-bond donors (Lipinski definition) is 2. The predicted molar refractivity (Wildman–Crippen MR) is 53.3 cm³/mol. The molecule has 2 aromatic heterocycles. The number of fused-ring (bicyclic) bond motifs is 1. The number of nitrogens with one attached hydrogen (secondary N) is 1. The van der Waals surface area contributed by atoms with Gasteiger partial charge in [-0.1, -0.05) is 0 Å². The molecule has 5 nitrogen and oxygen atoms in total. The molecule has 0 aromatic carbocycles. The number of nitrogens with zero attached hydrogens (tertiary/aromatic N) is 3. The lowest BCUT2D eigenvalue weighted by atomic mass is 10.3. The second-order valence-corrected chi connectivity index (χ2v) is 3.27. The molecule has 0 aliphatic heterocycles. The average Bonchev–Trinajstić information content (AvgIpc) is 2.44. The summed E-state index contributed by atoms with van der Waals surface area (Å²) in [6, 6.07) is 1.83. The van der Waals surface area contributed by atoms with Gasteiger partial charge in [-0.2, -0.15) is 5.10 Å². The standard InChI is InChI=1S/C9H11N5/c1-6-4-12-9-3-7(2-8(10)11)13-14(9)5-6/h3-5H,2H2,1H3,(H3,10,11). The van der Waals surface area contributed by atoms with Gasteiger partial charge in [-0.25, -0.2) is 9.50 Å².